The third-order valence-corrected chi connectivity index (χ3v) is 1.53. The molecule has 0 bridgehead atoms. The van der Waals surface area contributed by atoms with E-state index in [-0.39, 0.29) is 18.2 Å². The van der Waals surface area contributed by atoms with Gasteiger partial charge in [-0.3, -0.25) is 4.79 Å². The third-order valence-electron chi connectivity index (χ3n) is 1.53. The second-order valence-electron chi connectivity index (χ2n) is 3.83. The molecule has 14 heavy (non-hydrogen) atoms. The number of amides is 1. The summed E-state index contributed by atoms with van der Waals surface area (Å²) in [5.41, 5.74) is -0.275. The molecule has 2 N–H and O–H groups in total. The standard InChI is InChI=1S/C9H14N2O3/c1-6-4-7(14-11-6)8(12)10-5-9(2,3)13/h4,13H,5H2,1-3H3,(H,10,12). The zero-order chi connectivity index (χ0) is 10.8. The largest absolute Gasteiger partial charge is 0.389 e. The average Bonchev–Trinajstić information content (AvgIpc) is 2.46. The molecule has 0 unspecified atom stereocenters. The number of hydrogen-bond donors (Lipinski definition) is 2. The Balaban J connectivity index is 2.52. The summed E-state index contributed by atoms with van der Waals surface area (Å²) in [7, 11) is 0. The molecule has 0 spiro atoms. The highest BCUT2D eigenvalue weighted by Gasteiger charge is 2.16. The fraction of sp³-hybridized carbons (Fsp3) is 0.556. The summed E-state index contributed by atoms with van der Waals surface area (Å²) in [6.45, 7) is 5.12. The Kier molecular flexibility index (Phi) is 2.90. The van der Waals surface area contributed by atoms with Crippen LogP contribution in [0.2, 0.25) is 0 Å². The first kappa shape index (κ1) is 10.7. The zero-order valence-corrected chi connectivity index (χ0v) is 8.50. The van der Waals surface area contributed by atoms with Crippen molar-refractivity contribution in [2.45, 2.75) is 26.4 Å². The third kappa shape index (κ3) is 3.18. The van der Waals surface area contributed by atoms with Gasteiger partial charge in [-0.1, -0.05) is 5.16 Å². The van der Waals surface area contributed by atoms with E-state index < -0.39 is 5.60 Å². The Bertz CT molecular complexity index is 325. The first-order valence-corrected chi connectivity index (χ1v) is 4.32. The number of aliphatic hydroxyl groups is 1. The van der Waals surface area contributed by atoms with Gasteiger partial charge >= 0.3 is 0 Å². The topological polar surface area (TPSA) is 75.4 Å². The van der Waals surface area contributed by atoms with Crippen molar-refractivity contribution in [3.63, 3.8) is 0 Å². The summed E-state index contributed by atoms with van der Waals surface area (Å²) in [6.07, 6.45) is 0. The molecule has 0 aliphatic carbocycles. The minimum absolute atomic E-state index is 0.159. The Labute approximate surface area is 82.1 Å². The number of rotatable bonds is 3. The van der Waals surface area contributed by atoms with E-state index in [0.717, 1.165) is 0 Å². The summed E-state index contributed by atoms with van der Waals surface area (Å²) in [6, 6.07) is 1.54. The van der Waals surface area contributed by atoms with E-state index in [9.17, 15) is 9.90 Å². The molecule has 0 saturated carbocycles. The van der Waals surface area contributed by atoms with Crippen LogP contribution >= 0.6 is 0 Å². The molecule has 1 aromatic heterocycles. The van der Waals surface area contributed by atoms with Crippen LogP contribution in [0.15, 0.2) is 10.6 Å². The van der Waals surface area contributed by atoms with Gasteiger partial charge in [-0.25, -0.2) is 0 Å². The second kappa shape index (κ2) is 3.79. The number of nitrogens with one attached hydrogen (secondary N) is 1. The highest BCUT2D eigenvalue weighted by Crippen LogP contribution is 2.03. The highest BCUT2D eigenvalue weighted by molar-refractivity contribution is 5.91. The monoisotopic (exact) mass is 198 g/mol. The van der Waals surface area contributed by atoms with Gasteiger partial charge in [-0.15, -0.1) is 0 Å². The first-order valence-electron chi connectivity index (χ1n) is 4.32. The molecular weight excluding hydrogens is 184 g/mol. The van der Waals surface area contributed by atoms with Gasteiger partial charge in [0, 0.05) is 12.6 Å². The van der Waals surface area contributed by atoms with Gasteiger partial charge in [0.1, 0.15) is 0 Å². The minimum Gasteiger partial charge on any atom is -0.389 e. The molecule has 0 saturated heterocycles. The van der Waals surface area contributed by atoms with Crippen LogP contribution in [0.4, 0.5) is 0 Å². The van der Waals surface area contributed by atoms with Gasteiger partial charge in [-0.2, -0.15) is 0 Å². The van der Waals surface area contributed by atoms with Gasteiger partial charge in [-0.05, 0) is 20.8 Å². The smallest absolute Gasteiger partial charge is 0.290 e. The predicted molar refractivity (Wildman–Crippen MR) is 49.9 cm³/mol. The molecule has 0 aliphatic rings. The van der Waals surface area contributed by atoms with Crippen molar-refractivity contribution in [3.8, 4) is 0 Å². The molecule has 0 atom stereocenters. The first-order chi connectivity index (χ1) is 6.38. The molecule has 1 amide bonds. The fourth-order valence-electron chi connectivity index (χ4n) is 0.854. The van der Waals surface area contributed by atoms with E-state index in [1.165, 1.54) is 0 Å². The summed E-state index contributed by atoms with van der Waals surface area (Å²) in [5, 5.41) is 15.5. The van der Waals surface area contributed by atoms with Crippen molar-refractivity contribution in [3.05, 3.63) is 17.5 Å². The molecule has 0 fully saturated rings. The zero-order valence-electron chi connectivity index (χ0n) is 8.50. The number of carbonyl (C=O) groups is 1. The summed E-state index contributed by atoms with van der Waals surface area (Å²) >= 11 is 0. The Morgan fingerprint density at radius 1 is 1.71 bits per heavy atom. The lowest BCUT2D eigenvalue weighted by Crippen LogP contribution is -2.38. The van der Waals surface area contributed by atoms with E-state index in [0.29, 0.717) is 5.69 Å². The van der Waals surface area contributed by atoms with Crippen LogP contribution in [-0.4, -0.2) is 28.3 Å². The van der Waals surface area contributed by atoms with Crippen LogP contribution in [0.25, 0.3) is 0 Å². The number of nitrogens with zero attached hydrogens (tertiary/aromatic N) is 1. The Hall–Kier alpha value is -1.36. The number of hydrogen-bond acceptors (Lipinski definition) is 4. The lowest BCUT2D eigenvalue weighted by molar-refractivity contribution is 0.0676. The molecular formula is C9H14N2O3. The van der Waals surface area contributed by atoms with Gasteiger partial charge in [0.2, 0.25) is 5.76 Å². The molecule has 1 aromatic rings. The normalized spacial score (nSPS) is 11.4. The van der Waals surface area contributed by atoms with Crippen LogP contribution in [-0.2, 0) is 0 Å². The average molecular weight is 198 g/mol. The van der Waals surface area contributed by atoms with E-state index in [4.69, 9.17) is 4.52 Å². The summed E-state index contributed by atoms with van der Waals surface area (Å²) in [5.74, 6) is -0.209. The van der Waals surface area contributed by atoms with Crippen molar-refractivity contribution in [1.29, 1.82) is 0 Å². The van der Waals surface area contributed by atoms with E-state index >= 15 is 0 Å². The van der Waals surface area contributed by atoms with Crippen molar-refractivity contribution >= 4 is 5.91 Å². The second-order valence-corrected chi connectivity index (χ2v) is 3.83. The summed E-state index contributed by atoms with van der Waals surface area (Å²) < 4.78 is 4.75. The quantitative estimate of drug-likeness (QED) is 0.740. The lowest BCUT2D eigenvalue weighted by Gasteiger charge is -2.16. The predicted octanol–water partition coefficient (Wildman–Crippen LogP) is 0.484. The van der Waals surface area contributed by atoms with Crippen molar-refractivity contribution < 1.29 is 14.4 Å². The molecule has 0 aliphatic heterocycles. The Morgan fingerprint density at radius 3 is 2.79 bits per heavy atom. The molecule has 1 heterocycles. The number of aryl methyl sites for hydroxylation is 1. The van der Waals surface area contributed by atoms with E-state index in [2.05, 4.69) is 10.5 Å². The maximum absolute atomic E-state index is 11.3. The van der Waals surface area contributed by atoms with Crippen LogP contribution in [0.1, 0.15) is 30.1 Å². The van der Waals surface area contributed by atoms with Gasteiger partial charge in [0.05, 0.1) is 11.3 Å². The van der Waals surface area contributed by atoms with Crippen LogP contribution < -0.4 is 5.32 Å². The number of carbonyl (C=O) groups excluding carboxylic acids is 1. The fourth-order valence-corrected chi connectivity index (χ4v) is 0.854. The van der Waals surface area contributed by atoms with E-state index in [1.54, 1.807) is 26.8 Å². The van der Waals surface area contributed by atoms with Crippen molar-refractivity contribution in [2.75, 3.05) is 6.54 Å². The minimum atomic E-state index is -0.926. The van der Waals surface area contributed by atoms with Gasteiger partial charge in [0.15, 0.2) is 0 Å². The molecule has 5 nitrogen and oxygen atoms in total. The SMILES string of the molecule is Cc1cc(C(=O)NCC(C)(C)O)on1. The van der Waals surface area contributed by atoms with Gasteiger partial charge in [0.25, 0.3) is 5.91 Å². The maximum Gasteiger partial charge on any atom is 0.290 e. The molecule has 5 heteroatoms. The van der Waals surface area contributed by atoms with E-state index in [1.807, 2.05) is 0 Å². The highest BCUT2D eigenvalue weighted by atomic mass is 16.5. The molecule has 78 valence electrons. The molecule has 1 rings (SSSR count). The molecule has 0 radical (unpaired) electrons. The van der Waals surface area contributed by atoms with Gasteiger partial charge < -0.3 is 14.9 Å². The van der Waals surface area contributed by atoms with Crippen molar-refractivity contribution in [1.82, 2.24) is 10.5 Å². The molecule has 0 aromatic carbocycles. The van der Waals surface area contributed by atoms with Crippen LogP contribution in [0.3, 0.4) is 0 Å². The van der Waals surface area contributed by atoms with Crippen molar-refractivity contribution in [2.24, 2.45) is 0 Å². The summed E-state index contributed by atoms with van der Waals surface area (Å²) in [4.78, 5) is 11.3. The maximum atomic E-state index is 11.3. The number of aromatic nitrogens is 1. The Morgan fingerprint density at radius 2 is 2.36 bits per heavy atom. The van der Waals surface area contributed by atoms with Crippen LogP contribution in [0, 0.1) is 6.92 Å². The lowest BCUT2D eigenvalue weighted by atomic mass is 10.1. The van der Waals surface area contributed by atoms with Crippen LogP contribution in [0.5, 0.6) is 0 Å².